The summed E-state index contributed by atoms with van der Waals surface area (Å²) in [5, 5.41) is 2.14. The molecule has 0 fully saturated rings. The van der Waals surface area contributed by atoms with Crippen molar-refractivity contribution in [3.63, 3.8) is 0 Å². The molecular weight excluding hydrogens is 177 g/mol. The van der Waals surface area contributed by atoms with E-state index in [0.29, 0.717) is 0 Å². The number of aryl methyl sites for hydroxylation is 1. The summed E-state index contributed by atoms with van der Waals surface area (Å²) in [6.07, 6.45) is 3.99. The van der Waals surface area contributed by atoms with Gasteiger partial charge in [0, 0.05) is 24.8 Å². The van der Waals surface area contributed by atoms with Gasteiger partial charge in [-0.2, -0.15) is 0 Å². The first-order valence-electron chi connectivity index (χ1n) is 4.83. The summed E-state index contributed by atoms with van der Waals surface area (Å²) < 4.78 is 15.5. The maximum atomic E-state index is 13.6. The molecule has 0 atom stereocenters. The molecule has 0 aliphatic carbocycles. The van der Waals surface area contributed by atoms with Crippen molar-refractivity contribution in [1.29, 1.82) is 0 Å². The largest absolute Gasteiger partial charge is 0.356 e. The lowest BCUT2D eigenvalue weighted by Gasteiger charge is -2.08. The van der Waals surface area contributed by atoms with Crippen LogP contribution in [-0.4, -0.2) is 4.57 Å². The molecule has 2 rings (SSSR count). The molecule has 0 unspecified atom stereocenters. The minimum absolute atomic E-state index is 0.0984. The van der Waals surface area contributed by atoms with Gasteiger partial charge in [-0.25, -0.2) is 4.39 Å². The highest BCUT2D eigenvalue weighted by Gasteiger charge is 2.11. The summed E-state index contributed by atoms with van der Waals surface area (Å²) in [6.45, 7) is 4.04. The van der Waals surface area contributed by atoms with E-state index in [1.54, 1.807) is 6.07 Å². The fourth-order valence-corrected chi connectivity index (χ4v) is 1.93. The first-order valence-corrected chi connectivity index (χ1v) is 4.83. The Morgan fingerprint density at radius 3 is 2.57 bits per heavy atom. The van der Waals surface area contributed by atoms with E-state index in [9.17, 15) is 4.39 Å². The molecule has 0 aliphatic rings. The third-order valence-corrected chi connectivity index (χ3v) is 2.52. The second kappa shape index (κ2) is 3.12. The molecule has 0 saturated heterocycles. The molecule has 0 bridgehead atoms. The zero-order valence-corrected chi connectivity index (χ0v) is 8.71. The Kier molecular flexibility index (Phi) is 2.06. The van der Waals surface area contributed by atoms with E-state index in [2.05, 4.69) is 0 Å². The molecular formula is C12H14FN. The number of benzene rings is 1. The van der Waals surface area contributed by atoms with Crippen molar-refractivity contribution < 1.29 is 4.39 Å². The van der Waals surface area contributed by atoms with Crippen LogP contribution in [0.25, 0.3) is 10.8 Å². The fraction of sp³-hybridized carbons (Fsp3) is 0.333. The lowest BCUT2D eigenvalue weighted by Crippen LogP contribution is -1.93. The van der Waals surface area contributed by atoms with Gasteiger partial charge in [0.2, 0.25) is 0 Å². The molecule has 0 N–H and O–H groups in total. The highest BCUT2D eigenvalue weighted by molar-refractivity contribution is 5.86. The van der Waals surface area contributed by atoms with E-state index < -0.39 is 0 Å². The first-order chi connectivity index (χ1) is 6.59. The number of halogens is 1. The van der Waals surface area contributed by atoms with Gasteiger partial charge in [0.25, 0.3) is 0 Å². The molecule has 1 heterocycles. The van der Waals surface area contributed by atoms with Crippen molar-refractivity contribution in [1.82, 2.24) is 4.57 Å². The van der Waals surface area contributed by atoms with E-state index in [4.69, 9.17) is 0 Å². The molecule has 0 radical (unpaired) electrons. The third-order valence-electron chi connectivity index (χ3n) is 2.52. The monoisotopic (exact) mass is 191 g/mol. The molecule has 1 nitrogen and oxygen atoms in total. The molecule has 14 heavy (non-hydrogen) atoms. The Bertz CT molecular complexity index is 468. The van der Waals surface area contributed by atoms with Crippen LogP contribution in [0.1, 0.15) is 25.3 Å². The van der Waals surface area contributed by atoms with Crippen molar-refractivity contribution in [2.75, 3.05) is 0 Å². The predicted octanol–water partition coefficient (Wildman–Crippen LogP) is 3.44. The number of hydrogen-bond donors (Lipinski definition) is 0. The fourth-order valence-electron chi connectivity index (χ4n) is 1.93. The predicted molar refractivity (Wildman–Crippen MR) is 57.0 cm³/mol. The molecule has 0 saturated carbocycles. The van der Waals surface area contributed by atoms with Crippen LogP contribution in [0.4, 0.5) is 4.39 Å². The summed E-state index contributed by atoms with van der Waals surface area (Å²) >= 11 is 0. The van der Waals surface area contributed by atoms with Crippen LogP contribution in [0.15, 0.2) is 24.5 Å². The highest BCUT2D eigenvalue weighted by atomic mass is 19.1. The molecule has 2 heteroatoms. The van der Waals surface area contributed by atoms with Crippen LogP contribution in [-0.2, 0) is 7.05 Å². The standard InChI is InChI=1S/C12H14FN/c1-8(2)12-10-7-14(3)6-9(10)4-5-11(12)13/h4-8H,1-3H3. The Morgan fingerprint density at radius 2 is 1.93 bits per heavy atom. The quantitative estimate of drug-likeness (QED) is 0.650. The second-order valence-electron chi connectivity index (χ2n) is 4.04. The van der Waals surface area contributed by atoms with Crippen molar-refractivity contribution in [3.8, 4) is 0 Å². The number of rotatable bonds is 1. The van der Waals surface area contributed by atoms with E-state index in [1.165, 1.54) is 0 Å². The second-order valence-corrected chi connectivity index (χ2v) is 4.04. The molecule has 0 spiro atoms. The van der Waals surface area contributed by atoms with Gasteiger partial charge in [0.1, 0.15) is 5.82 Å². The molecule has 0 amide bonds. The minimum Gasteiger partial charge on any atom is -0.356 e. The molecule has 74 valence electrons. The number of nitrogens with zero attached hydrogens (tertiary/aromatic N) is 1. The smallest absolute Gasteiger partial charge is 0.127 e. The van der Waals surface area contributed by atoms with Gasteiger partial charge in [0.05, 0.1) is 0 Å². The van der Waals surface area contributed by atoms with Gasteiger partial charge in [-0.15, -0.1) is 0 Å². The van der Waals surface area contributed by atoms with E-state index in [1.807, 2.05) is 43.9 Å². The van der Waals surface area contributed by atoms with Gasteiger partial charge in [-0.1, -0.05) is 13.8 Å². The minimum atomic E-state index is -0.0984. The maximum absolute atomic E-state index is 13.6. The molecule has 2 aromatic rings. The average Bonchev–Trinajstić information content (AvgIpc) is 2.43. The summed E-state index contributed by atoms with van der Waals surface area (Å²) in [6, 6.07) is 3.38. The Labute approximate surface area is 83.2 Å². The maximum Gasteiger partial charge on any atom is 0.127 e. The molecule has 1 aromatic carbocycles. The normalized spacial score (nSPS) is 11.5. The number of hydrogen-bond acceptors (Lipinski definition) is 0. The van der Waals surface area contributed by atoms with E-state index >= 15 is 0 Å². The first kappa shape index (κ1) is 9.25. The lowest BCUT2D eigenvalue weighted by atomic mass is 9.98. The van der Waals surface area contributed by atoms with Gasteiger partial charge < -0.3 is 4.57 Å². The zero-order chi connectivity index (χ0) is 10.3. The van der Waals surface area contributed by atoms with E-state index in [-0.39, 0.29) is 11.7 Å². The van der Waals surface area contributed by atoms with Gasteiger partial charge in [-0.05, 0) is 29.0 Å². The average molecular weight is 191 g/mol. The lowest BCUT2D eigenvalue weighted by molar-refractivity contribution is 0.602. The van der Waals surface area contributed by atoms with Crippen molar-refractivity contribution in [3.05, 3.63) is 35.9 Å². The van der Waals surface area contributed by atoms with Crippen LogP contribution >= 0.6 is 0 Å². The van der Waals surface area contributed by atoms with Crippen molar-refractivity contribution in [2.24, 2.45) is 7.05 Å². The Morgan fingerprint density at radius 1 is 1.21 bits per heavy atom. The topological polar surface area (TPSA) is 4.93 Å². The number of aromatic nitrogens is 1. The van der Waals surface area contributed by atoms with Gasteiger partial charge >= 0.3 is 0 Å². The summed E-state index contributed by atoms with van der Waals surface area (Å²) in [5.74, 6) is 0.125. The Balaban J connectivity index is 2.82. The SMILES string of the molecule is CC(C)c1c(F)ccc2cn(C)cc12. The number of fused-ring (bicyclic) bond motifs is 1. The van der Waals surface area contributed by atoms with Gasteiger partial charge in [-0.3, -0.25) is 0 Å². The van der Waals surface area contributed by atoms with Gasteiger partial charge in [0.15, 0.2) is 0 Å². The highest BCUT2D eigenvalue weighted by Crippen LogP contribution is 2.28. The van der Waals surface area contributed by atoms with Crippen LogP contribution in [0.3, 0.4) is 0 Å². The van der Waals surface area contributed by atoms with Crippen LogP contribution < -0.4 is 0 Å². The van der Waals surface area contributed by atoms with E-state index in [0.717, 1.165) is 16.3 Å². The summed E-state index contributed by atoms with van der Waals surface area (Å²) in [5.41, 5.74) is 0.822. The van der Waals surface area contributed by atoms with Crippen molar-refractivity contribution >= 4 is 10.8 Å². The zero-order valence-electron chi connectivity index (χ0n) is 8.71. The summed E-state index contributed by atoms with van der Waals surface area (Å²) in [7, 11) is 1.96. The molecule has 0 aliphatic heterocycles. The van der Waals surface area contributed by atoms with Crippen LogP contribution in [0.5, 0.6) is 0 Å². The third kappa shape index (κ3) is 1.31. The molecule has 1 aromatic heterocycles. The van der Waals surface area contributed by atoms with Crippen molar-refractivity contribution in [2.45, 2.75) is 19.8 Å². The van der Waals surface area contributed by atoms with Crippen LogP contribution in [0.2, 0.25) is 0 Å². The van der Waals surface area contributed by atoms with Crippen LogP contribution in [0, 0.1) is 5.82 Å². The summed E-state index contributed by atoms with van der Waals surface area (Å²) in [4.78, 5) is 0. The Hall–Kier alpha value is -1.31.